The lowest BCUT2D eigenvalue weighted by Crippen LogP contribution is -2.39. The summed E-state index contributed by atoms with van der Waals surface area (Å²) in [6.45, 7) is 2.73. The molecular formula is C8H12O3S. The summed E-state index contributed by atoms with van der Waals surface area (Å²) >= 11 is 0. The smallest absolute Gasteiger partial charge is 0.165 e. The molecule has 12 heavy (non-hydrogen) atoms. The third-order valence-electron chi connectivity index (χ3n) is 1.86. The molecule has 0 rings (SSSR count). The Kier molecular flexibility index (Phi) is 3.05. The van der Waals surface area contributed by atoms with E-state index in [-0.39, 0.29) is 6.42 Å². The first kappa shape index (κ1) is 11.2. The molecule has 0 aromatic carbocycles. The molecule has 0 radical (unpaired) electrons. The second-order valence-corrected chi connectivity index (χ2v) is 5.65. The minimum atomic E-state index is -3.37. The van der Waals surface area contributed by atoms with Gasteiger partial charge in [0.15, 0.2) is 15.6 Å². The van der Waals surface area contributed by atoms with Crippen molar-refractivity contribution in [3.63, 3.8) is 0 Å². The van der Waals surface area contributed by atoms with E-state index < -0.39 is 20.4 Å². The molecule has 0 spiro atoms. The first-order valence-corrected chi connectivity index (χ1v) is 5.29. The Bertz CT molecular complexity index is 317. The maximum atomic E-state index is 11.2. The first-order chi connectivity index (χ1) is 5.23. The molecule has 3 nitrogen and oxygen atoms in total. The lowest BCUT2D eigenvalue weighted by atomic mass is 10.1. The van der Waals surface area contributed by atoms with Crippen LogP contribution in [-0.4, -0.2) is 25.2 Å². The summed E-state index contributed by atoms with van der Waals surface area (Å²) < 4.78 is 20.8. The molecule has 0 heterocycles. The van der Waals surface area contributed by atoms with Crippen LogP contribution in [0.15, 0.2) is 0 Å². The molecule has 0 N–H and O–H groups in total. The fourth-order valence-corrected chi connectivity index (χ4v) is 0.998. The van der Waals surface area contributed by atoms with Gasteiger partial charge >= 0.3 is 0 Å². The van der Waals surface area contributed by atoms with Gasteiger partial charge in [-0.3, -0.25) is 4.79 Å². The average Bonchev–Trinajstić information content (AvgIpc) is 1.85. The van der Waals surface area contributed by atoms with Crippen LogP contribution < -0.4 is 0 Å². The van der Waals surface area contributed by atoms with E-state index in [4.69, 9.17) is 6.42 Å². The van der Waals surface area contributed by atoms with Gasteiger partial charge < -0.3 is 0 Å². The summed E-state index contributed by atoms with van der Waals surface area (Å²) in [6.07, 6.45) is 5.79. The molecule has 0 aliphatic rings. The number of sulfone groups is 1. The maximum Gasteiger partial charge on any atom is 0.165 e. The lowest BCUT2D eigenvalue weighted by molar-refractivity contribution is -0.119. The number of carbonyl (C=O) groups excluding carboxylic acids is 1. The summed E-state index contributed by atoms with van der Waals surface area (Å²) in [4.78, 5) is 11.2. The highest BCUT2D eigenvalue weighted by atomic mass is 32.2. The Morgan fingerprint density at radius 1 is 1.50 bits per heavy atom. The number of hydrogen-bond donors (Lipinski definition) is 0. The zero-order valence-electron chi connectivity index (χ0n) is 7.42. The zero-order chi connectivity index (χ0) is 9.99. The van der Waals surface area contributed by atoms with E-state index in [2.05, 4.69) is 5.92 Å². The summed E-state index contributed by atoms with van der Waals surface area (Å²) in [6, 6.07) is 0. The lowest BCUT2D eigenvalue weighted by Gasteiger charge is -2.19. The molecule has 0 bridgehead atoms. The van der Waals surface area contributed by atoms with Crippen LogP contribution in [0, 0.1) is 12.3 Å². The number of rotatable bonds is 3. The maximum absolute atomic E-state index is 11.2. The molecule has 0 aliphatic heterocycles. The summed E-state index contributed by atoms with van der Waals surface area (Å²) in [5.41, 5.74) is 0. The van der Waals surface area contributed by atoms with Gasteiger partial charge in [-0.25, -0.2) is 8.42 Å². The minimum Gasteiger partial charge on any atom is -0.297 e. The molecule has 0 saturated heterocycles. The Balaban J connectivity index is 4.91. The summed E-state index contributed by atoms with van der Waals surface area (Å²) in [5.74, 6) is 1.69. The van der Waals surface area contributed by atoms with Crippen LogP contribution in [0.25, 0.3) is 0 Å². The van der Waals surface area contributed by atoms with Crippen molar-refractivity contribution in [1.29, 1.82) is 0 Å². The van der Waals surface area contributed by atoms with Crippen molar-refractivity contribution in [2.75, 3.05) is 6.26 Å². The van der Waals surface area contributed by atoms with Crippen molar-refractivity contribution in [3.8, 4) is 12.3 Å². The topological polar surface area (TPSA) is 51.2 Å². The Morgan fingerprint density at radius 2 is 1.92 bits per heavy atom. The fraction of sp³-hybridized carbons (Fsp3) is 0.625. The monoisotopic (exact) mass is 188 g/mol. The summed E-state index contributed by atoms with van der Waals surface area (Å²) in [7, 11) is -3.37. The number of terminal acetylenes is 1. The van der Waals surface area contributed by atoms with E-state index in [1.54, 1.807) is 0 Å². The van der Waals surface area contributed by atoms with Gasteiger partial charge in [0.1, 0.15) is 4.75 Å². The van der Waals surface area contributed by atoms with Crippen molar-refractivity contribution in [3.05, 3.63) is 0 Å². The van der Waals surface area contributed by atoms with Crippen LogP contribution in [0.1, 0.15) is 20.3 Å². The van der Waals surface area contributed by atoms with Crippen LogP contribution in [0.5, 0.6) is 0 Å². The third kappa shape index (κ3) is 2.08. The minimum absolute atomic E-state index is 0.139. The van der Waals surface area contributed by atoms with Gasteiger partial charge in [-0.1, -0.05) is 5.92 Å². The van der Waals surface area contributed by atoms with Crippen LogP contribution in [-0.2, 0) is 14.6 Å². The van der Waals surface area contributed by atoms with Crippen molar-refractivity contribution in [2.45, 2.75) is 25.0 Å². The van der Waals surface area contributed by atoms with Crippen molar-refractivity contribution in [2.24, 2.45) is 0 Å². The number of carbonyl (C=O) groups is 1. The largest absolute Gasteiger partial charge is 0.297 e. The van der Waals surface area contributed by atoms with Crippen LogP contribution >= 0.6 is 0 Å². The normalized spacial score (nSPS) is 12.2. The highest BCUT2D eigenvalue weighted by molar-refractivity contribution is 7.92. The number of ketones is 1. The van der Waals surface area contributed by atoms with E-state index in [1.165, 1.54) is 13.8 Å². The number of hydrogen-bond acceptors (Lipinski definition) is 3. The second kappa shape index (κ2) is 3.28. The predicted molar refractivity (Wildman–Crippen MR) is 47.4 cm³/mol. The van der Waals surface area contributed by atoms with Crippen molar-refractivity contribution in [1.82, 2.24) is 0 Å². The van der Waals surface area contributed by atoms with E-state index in [1.807, 2.05) is 0 Å². The van der Waals surface area contributed by atoms with Gasteiger partial charge in [-0.15, -0.1) is 6.42 Å². The molecule has 0 amide bonds. The molecule has 0 aromatic heterocycles. The first-order valence-electron chi connectivity index (χ1n) is 3.40. The standard InChI is InChI=1S/C8H12O3S/c1-5-6-7(9)8(2,3)12(4,10)11/h1H,6H2,2-4H3. The van der Waals surface area contributed by atoms with Crippen LogP contribution in [0.4, 0.5) is 0 Å². The second-order valence-electron chi connectivity index (χ2n) is 3.09. The van der Waals surface area contributed by atoms with Gasteiger partial charge in [0.05, 0.1) is 6.42 Å². The van der Waals surface area contributed by atoms with Gasteiger partial charge in [0, 0.05) is 6.26 Å². The van der Waals surface area contributed by atoms with Gasteiger partial charge in [-0.2, -0.15) is 0 Å². The van der Waals surface area contributed by atoms with Crippen LogP contribution in [0.2, 0.25) is 0 Å². The Morgan fingerprint density at radius 3 is 2.17 bits per heavy atom. The van der Waals surface area contributed by atoms with Crippen molar-refractivity contribution >= 4 is 15.6 Å². The molecule has 0 saturated carbocycles. The molecule has 0 aliphatic carbocycles. The predicted octanol–water partition coefficient (Wildman–Crippen LogP) is 0.402. The quantitative estimate of drug-likeness (QED) is 0.602. The van der Waals surface area contributed by atoms with Crippen LogP contribution in [0.3, 0.4) is 0 Å². The Labute approximate surface area is 73.1 Å². The average molecular weight is 188 g/mol. The third-order valence-corrected chi connectivity index (χ3v) is 3.94. The fourth-order valence-electron chi connectivity index (χ4n) is 0.512. The van der Waals surface area contributed by atoms with E-state index in [0.717, 1.165) is 6.26 Å². The SMILES string of the molecule is C#CCC(=O)C(C)(C)S(C)(=O)=O. The van der Waals surface area contributed by atoms with Gasteiger partial charge in [0.25, 0.3) is 0 Å². The molecule has 0 atom stereocenters. The number of Topliss-reactive ketones (excluding diaryl/α,β-unsaturated/α-hetero) is 1. The highest BCUT2D eigenvalue weighted by Gasteiger charge is 2.37. The van der Waals surface area contributed by atoms with E-state index in [0.29, 0.717) is 0 Å². The molecule has 0 aromatic rings. The van der Waals surface area contributed by atoms with Gasteiger partial charge in [0.2, 0.25) is 0 Å². The molecule has 4 heteroatoms. The molecule has 0 fully saturated rings. The molecular weight excluding hydrogens is 176 g/mol. The van der Waals surface area contributed by atoms with E-state index >= 15 is 0 Å². The highest BCUT2D eigenvalue weighted by Crippen LogP contribution is 2.17. The van der Waals surface area contributed by atoms with Crippen molar-refractivity contribution < 1.29 is 13.2 Å². The Hall–Kier alpha value is -0.820. The molecule has 0 unspecified atom stereocenters. The van der Waals surface area contributed by atoms with E-state index in [9.17, 15) is 13.2 Å². The molecule has 68 valence electrons. The summed E-state index contributed by atoms with van der Waals surface area (Å²) in [5, 5.41) is 0. The zero-order valence-corrected chi connectivity index (χ0v) is 8.23. The van der Waals surface area contributed by atoms with Gasteiger partial charge in [-0.05, 0) is 13.8 Å².